The molecule has 0 amide bonds. The van der Waals surface area contributed by atoms with Crippen LogP contribution in [0.15, 0.2) is 12.2 Å². The molecular weight excluding hydrogens is 689 g/mol. The van der Waals surface area contributed by atoms with E-state index in [2.05, 4.69) is 58.3 Å². The summed E-state index contributed by atoms with van der Waals surface area (Å²) in [5.74, 6) is 1.40. The van der Waals surface area contributed by atoms with Crippen LogP contribution in [0.1, 0.15) is 133 Å². The normalized spacial score (nSPS) is 43.3. The second-order valence-corrected chi connectivity index (χ2v) is 23.2. The molecule has 2 unspecified atom stereocenters. The van der Waals surface area contributed by atoms with E-state index in [1.54, 1.807) is 13.8 Å². The minimum Gasteiger partial charge on any atom is -0.481 e. The van der Waals surface area contributed by atoms with Gasteiger partial charge in [0.2, 0.25) is 0 Å². The van der Waals surface area contributed by atoms with Crippen LogP contribution in [0.5, 0.6) is 0 Å². The van der Waals surface area contributed by atoms with Crippen LogP contribution < -0.4 is 5.32 Å². The van der Waals surface area contributed by atoms with E-state index in [-0.39, 0.29) is 57.3 Å². The van der Waals surface area contributed by atoms with Crippen LogP contribution in [0.25, 0.3) is 0 Å². The van der Waals surface area contributed by atoms with Gasteiger partial charge in [-0.1, -0.05) is 46.8 Å². The Morgan fingerprint density at radius 2 is 1.58 bits per heavy atom. The predicted molar refractivity (Wildman–Crippen MR) is 209 cm³/mol. The quantitative estimate of drug-likeness (QED) is 0.161. The summed E-state index contributed by atoms with van der Waals surface area (Å²) < 4.78 is 30.6. The number of allylic oxidation sites excluding steroid dienone is 1. The monoisotopic (exact) mass is 761 g/mol. The second kappa shape index (κ2) is 13.9. The molecule has 6 rings (SSSR count). The van der Waals surface area contributed by atoms with Crippen molar-refractivity contribution in [1.29, 1.82) is 0 Å². The van der Waals surface area contributed by atoms with Gasteiger partial charge in [-0.25, -0.2) is 8.42 Å². The Kier molecular flexibility index (Phi) is 10.8. The average molecular weight is 761 g/mol. The number of carboxylic acid groups (broad SMARTS) is 1. The second-order valence-electron chi connectivity index (χ2n) is 20.9. The first-order chi connectivity index (χ1) is 24.4. The molecule has 0 spiro atoms. The minimum atomic E-state index is -3.00. The van der Waals surface area contributed by atoms with Gasteiger partial charge < -0.3 is 20.3 Å². The first kappa shape index (κ1) is 41.2. The molecule has 6 fully saturated rings. The van der Waals surface area contributed by atoms with Crippen molar-refractivity contribution >= 4 is 21.8 Å². The number of carboxylic acids is 1. The number of carbonyl (C=O) groups excluding carboxylic acids is 1. The molecule has 1 saturated heterocycles. The Morgan fingerprint density at radius 1 is 0.925 bits per heavy atom. The minimum absolute atomic E-state index is 0.0216. The van der Waals surface area contributed by atoms with Crippen molar-refractivity contribution in [1.82, 2.24) is 10.2 Å². The van der Waals surface area contributed by atoms with Crippen LogP contribution in [0.2, 0.25) is 0 Å². The van der Waals surface area contributed by atoms with Crippen LogP contribution >= 0.6 is 0 Å². The van der Waals surface area contributed by atoms with Gasteiger partial charge >= 0.3 is 11.9 Å². The maximum atomic E-state index is 13.1. The highest BCUT2D eigenvalue weighted by Gasteiger charge is 2.71. The van der Waals surface area contributed by atoms with E-state index >= 15 is 0 Å². The standard InChI is InChI=1S/C43H72N2O7S/c1-27(2)29-13-18-43(44-26-31(28(3)46)45-21-23-53(50,51)24-22-45)20-19-41(9)30(36(29)43)11-12-33-40(8)16-15-34(52-35(47)25-38(4,5)37(48)49)39(6,7)32(40)14-17-42(33,41)10/h28-34,36,44,46H,1,11-26H2,2-10H3,(H,48,49)/t28?,29-,30+,31?,32-,33+,34-,36+,40-,41+,42+,43-/m0/s1. The van der Waals surface area contributed by atoms with Crippen LogP contribution in [0.3, 0.4) is 0 Å². The Hall–Kier alpha value is -1.49. The lowest BCUT2D eigenvalue weighted by Gasteiger charge is -2.73. The van der Waals surface area contributed by atoms with Gasteiger partial charge in [0, 0.05) is 36.6 Å². The largest absolute Gasteiger partial charge is 0.481 e. The van der Waals surface area contributed by atoms with Gasteiger partial charge in [0.25, 0.3) is 0 Å². The van der Waals surface area contributed by atoms with E-state index < -0.39 is 33.3 Å². The number of ether oxygens (including phenoxy) is 1. The molecule has 9 nitrogen and oxygen atoms in total. The number of rotatable bonds is 10. The number of nitrogens with one attached hydrogen (secondary N) is 1. The number of aliphatic hydroxyl groups is 1. The molecule has 6 aliphatic rings. The van der Waals surface area contributed by atoms with E-state index in [0.29, 0.717) is 49.2 Å². The van der Waals surface area contributed by atoms with Crippen molar-refractivity contribution in [2.45, 2.75) is 157 Å². The van der Waals surface area contributed by atoms with E-state index in [1.165, 1.54) is 24.8 Å². The number of sulfone groups is 1. The highest BCUT2D eigenvalue weighted by atomic mass is 32.2. The number of fused-ring (bicyclic) bond motifs is 7. The van der Waals surface area contributed by atoms with Crippen LogP contribution in [0.4, 0.5) is 0 Å². The van der Waals surface area contributed by atoms with Gasteiger partial charge in [-0.3, -0.25) is 14.5 Å². The van der Waals surface area contributed by atoms with Crippen molar-refractivity contribution in [3.05, 3.63) is 12.2 Å². The first-order valence-corrected chi connectivity index (χ1v) is 22.7. The Morgan fingerprint density at radius 3 is 2.19 bits per heavy atom. The number of nitrogens with zero attached hydrogens (tertiary/aromatic N) is 1. The fraction of sp³-hybridized carbons (Fsp3) is 0.907. The van der Waals surface area contributed by atoms with E-state index in [1.807, 2.05) is 6.92 Å². The topological polar surface area (TPSA) is 133 Å². The fourth-order valence-corrected chi connectivity index (χ4v) is 15.5. The summed E-state index contributed by atoms with van der Waals surface area (Å²) in [5, 5.41) is 24.8. The SMILES string of the molecule is C=C(C)[C@@H]1CC[C@]2(NCC(C(C)O)N3CCS(=O)(=O)CC3)CC[C@]3(C)[C@H](CC[C@@H]4[C@@]5(C)CC[C@H](OC(=O)CC(C)(C)C(=O)O)C(C)(C)[C@@H]5CC[C@]43C)[C@@H]12. The molecule has 3 N–H and O–H groups in total. The zero-order valence-corrected chi connectivity index (χ0v) is 35.2. The maximum Gasteiger partial charge on any atom is 0.309 e. The molecule has 5 aliphatic carbocycles. The summed E-state index contributed by atoms with van der Waals surface area (Å²) in [5.41, 5.74) is 0.359. The van der Waals surface area contributed by atoms with Crippen molar-refractivity contribution in [2.24, 2.45) is 56.7 Å². The highest BCUT2D eigenvalue weighted by Crippen LogP contribution is 2.76. The smallest absolute Gasteiger partial charge is 0.309 e. The molecule has 5 saturated carbocycles. The molecule has 10 heteroatoms. The molecule has 53 heavy (non-hydrogen) atoms. The molecule has 12 atom stereocenters. The van der Waals surface area contributed by atoms with Crippen molar-refractivity contribution in [3.63, 3.8) is 0 Å². The van der Waals surface area contributed by atoms with E-state index in [4.69, 9.17) is 4.74 Å². The number of hydrogen-bond acceptors (Lipinski definition) is 8. The summed E-state index contributed by atoms with van der Waals surface area (Å²) >= 11 is 0. The zero-order chi connectivity index (χ0) is 39.2. The molecule has 0 radical (unpaired) electrons. The molecule has 1 aliphatic heterocycles. The van der Waals surface area contributed by atoms with Gasteiger partial charge in [0.15, 0.2) is 9.84 Å². The number of esters is 1. The van der Waals surface area contributed by atoms with Crippen LogP contribution in [-0.4, -0.2) is 90.4 Å². The summed E-state index contributed by atoms with van der Waals surface area (Å²) in [6.07, 6.45) is 10.1. The first-order valence-electron chi connectivity index (χ1n) is 20.9. The molecule has 0 aromatic carbocycles. The fourth-order valence-electron chi connectivity index (χ4n) is 14.2. The molecule has 302 valence electrons. The lowest BCUT2D eigenvalue weighted by atomic mass is 9.32. The maximum absolute atomic E-state index is 13.1. The van der Waals surface area contributed by atoms with Crippen LogP contribution in [0, 0.1) is 56.7 Å². The number of carbonyl (C=O) groups is 2. The lowest BCUT2D eigenvalue weighted by Crippen LogP contribution is -2.69. The summed E-state index contributed by atoms with van der Waals surface area (Å²) in [4.78, 5) is 27.1. The molecule has 0 bridgehead atoms. The number of aliphatic carboxylic acids is 1. The summed E-state index contributed by atoms with van der Waals surface area (Å²) in [6.45, 7) is 25.9. The number of aliphatic hydroxyl groups excluding tert-OH is 1. The van der Waals surface area contributed by atoms with Crippen molar-refractivity contribution in [3.8, 4) is 0 Å². The van der Waals surface area contributed by atoms with Gasteiger partial charge in [0.1, 0.15) is 6.10 Å². The van der Waals surface area contributed by atoms with Crippen LogP contribution in [-0.2, 0) is 24.2 Å². The Labute approximate surface area is 320 Å². The Balaban J connectivity index is 1.23. The molecule has 0 aromatic rings. The van der Waals surface area contributed by atoms with Gasteiger partial charge in [-0.15, -0.1) is 0 Å². The third kappa shape index (κ3) is 6.77. The van der Waals surface area contributed by atoms with E-state index in [9.17, 15) is 28.2 Å². The molecule has 0 aromatic heterocycles. The summed E-state index contributed by atoms with van der Waals surface area (Å²) in [6, 6.07) is -0.123. The summed E-state index contributed by atoms with van der Waals surface area (Å²) in [7, 11) is -3.00. The van der Waals surface area contributed by atoms with E-state index in [0.717, 1.165) is 44.9 Å². The van der Waals surface area contributed by atoms with Crippen molar-refractivity contribution < 1.29 is 33.0 Å². The van der Waals surface area contributed by atoms with Gasteiger partial charge in [-0.2, -0.15) is 0 Å². The van der Waals surface area contributed by atoms with Gasteiger partial charge in [-0.05, 0) is 138 Å². The number of hydrogen-bond donors (Lipinski definition) is 3. The average Bonchev–Trinajstić information content (AvgIpc) is 3.43. The van der Waals surface area contributed by atoms with Crippen molar-refractivity contribution in [2.75, 3.05) is 31.1 Å². The third-order valence-electron chi connectivity index (χ3n) is 17.5. The molecular formula is C43H72N2O7S. The van der Waals surface area contributed by atoms with Gasteiger partial charge in [0.05, 0.1) is 29.4 Å². The predicted octanol–water partition coefficient (Wildman–Crippen LogP) is 6.88. The zero-order valence-electron chi connectivity index (χ0n) is 34.4. The third-order valence-corrected chi connectivity index (χ3v) is 19.1. The lowest BCUT2D eigenvalue weighted by molar-refractivity contribution is -0.246. The Bertz CT molecular complexity index is 1540. The highest BCUT2D eigenvalue weighted by molar-refractivity contribution is 7.91. The molecule has 1 heterocycles.